The van der Waals surface area contributed by atoms with E-state index in [0.717, 1.165) is 24.1 Å². The highest BCUT2D eigenvalue weighted by Crippen LogP contribution is 2.22. The van der Waals surface area contributed by atoms with E-state index in [1.165, 1.54) is 0 Å². The molecular formula is C13H19NO3S. The summed E-state index contributed by atoms with van der Waals surface area (Å²) >= 11 is 0. The van der Waals surface area contributed by atoms with Crippen molar-refractivity contribution < 1.29 is 13.5 Å². The van der Waals surface area contributed by atoms with E-state index in [-0.39, 0.29) is 11.5 Å². The van der Waals surface area contributed by atoms with Crippen molar-refractivity contribution in [2.24, 2.45) is 0 Å². The summed E-state index contributed by atoms with van der Waals surface area (Å²) in [6.07, 6.45) is 1.16. The molecule has 2 atom stereocenters. The summed E-state index contributed by atoms with van der Waals surface area (Å²) in [7, 11) is -3.10. The summed E-state index contributed by atoms with van der Waals surface area (Å²) in [5.41, 5.74) is 2.09. The molecular weight excluding hydrogens is 250 g/mol. The van der Waals surface area contributed by atoms with Gasteiger partial charge < -0.3 is 10.4 Å². The lowest BCUT2D eigenvalue weighted by molar-refractivity contribution is 0.190. The number of aliphatic hydroxyl groups excluding tert-OH is 1. The van der Waals surface area contributed by atoms with Crippen LogP contribution >= 0.6 is 0 Å². The standard InChI is InChI=1S/C13H19NO3S/c1-2-5-10-6-3-4-7-11(10)14-12-8-18(16,17)9-13(12)15/h3-4,6-7,12-15H,2,5,8-9H2,1H3. The Balaban J connectivity index is 2.15. The average molecular weight is 269 g/mol. The second kappa shape index (κ2) is 5.28. The Morgan fingerprint density at radius 1 is 1.33 bits per heavy atom. The molecule has 0 aromatic heterocycles. The molecule has 0 radical (unpaired) electrons. The number of anilines is 1. The number of sulfone groups is 1. The smallest absolute Gasteiger partial charge is 0.155 e. The fourth-order valence-electron chi connectivity index (χ4n) is 2.32. The Bertz CT molecular complexity index is 513. The molecule has 1 fully saturated rings. The second-order valence-electron chi connectivity index (χ2n) is 4.80. The number of aryl methyl sites for hydroxylation is 1. The molecule has 0 saturated carbocycles. The molecule has 1 aromatic rings. The van der Waals surface area contributed by atoms with Gasteiger partial charge in [-0.1, -0.05) is 31.5 Å². The highest BCUT2D eigenvalue weighted by molar-refractivity contribution is 7.91. The zero-order chi connectivity index (χ0) is 13.2. The largest absolute Gasteiger partial charge is 0.390 e. The molecule has 4 nitrogen and oxygen atoms in total. The van der Waals surface area contributed by atoms with E-state index in [9.17, 15) is 13.5 Å². The van der Waals surface area contributed by atoms with E-state index in [4.69, 9.17) is 0 Å². The zero-order valence-electron chi connectivity index (χ0n) is 10.5. The van der Waals surface area contributed by atoms with Crippen LogP contribution in [0.3, 0.4) is 0 Å². The van der Waals surface area contributed by atoms with Gasteiger partial charge in [-0.15, -0.1) is 0 Å². The first kappa shape index (κ1) is 13.4. The summed E-state index contributed by atoms with van der Waals surface area (Å²) in [5.74, 6) is -0.130. The Hall–Kier alpha value is -1.07. The number of para-hydroxylation sites is 1. The van der Waals surface area contributed by atoms with Gasteiger partial charge in [0.1, 0.15) is 0 Å². The normalized spacial score (nSPS) is 26.1. The monoisotopic (exact) mass is 269 g/mol. The molecule has 0 amide bonds. The summed E-state index contributed by atoms with van der Waals surface area (Å²) < 4.78 is 22.9. The lowest BCUT2D eigenvalue weighted by atomic mass is 10.1. The maximum absolute atomic E-state index is 11.5. The van der Waals surface area contributed by atoms with E-state index >= 15 is 0 Å². The number of rotatable bonds is 4. The Morgan fingerprint density at radius 3 is 2.67 bits per heavy atom. The quantitative estimate of drug-likeness (QED) is 0.862. The summed E-state index contributed by atoms with van der Waals surface area (Å²) in [6, 6.07) is 7.45. The third-order valence-corrected chi connectivity index (χ3v) is 4.92. The van der Waals surface area contributed by atoms with Gasteiger partial charge >= 0.3 is 0 Å². The SMILES string of the molecule is CCCc1ccccc1NC1CS(=O)(=O)CC1O. The fraction of sp³-hybridized carbons (Fsp3) is 0.538. The first-order chi connectivity index (χ1) is 8.52. The van der Waals surface area contributed by atoms with Crippen molar-refractivity contribution in [1.29, 1.82) is 0 Å². The van der Waals surface area contributed by atoms with Crippen LogP contribution in [0.4, 0.5) is 5.69 Å². The van der Waals surface area contributed by atoms with Crippen LogP contribution in [0.5, 0.6) is 0 Å². The van der Waals surface area contributed by atoms with Gasteiger partial charge in [-0.2, -0.15) is 0 Å². The first-order valence-electron chi connectivity index (χ1n) is 6.25. The molecule has 0 aliphatic carbocycles. The highest BCUT2D eigenvalue weighted by atomic mass is 32.2. The van der Waals surface area contributed by atoms with Gasteiger partial charge in [0, 0.05) is 5.69 Å². The van der Waals surface area contributed by atoms with Crippen molar-refractivity contribution in [2.45, 2.75) is 31.9 Å². The predicted molar refractivity (Wildman–Crippen MR) is 72.5 cm³/mol. The molecule has 1 aliphatic heterocycles. The van der Waals surface area contributed by atoms with Crippen molar-refractivity contribution in [3.8, 4) is 0 Å². The zero-order valence-corrected chi connectivity index (χ0v) is 11.3. The Morgan fingerprint density at radius 2 is 2.06 bits per heavy atom. The Kier molecular flexibility index (Phi) is 3.92. The van der Waals surface area contributed by atoms with Gasteiger partial charge in [-0.25, -0.2) is 8.42 Å². The van der Waals surface area contributed by atoms with Gasteiger partial charge in [-0.05, 0) is 18.1 Å². The van der Waals surface area contributed by atoms with Crippen molar-refractivity contribution in [3.05, 3.63) is 29.8 Å². The fourth-order valence-corrected chi connectivity index (χ4v) is 4.06. The lowest BCUT2D eigenvalue weighted by Crippen LogP contribution is -2.32. The maximum atomic E-state index is 11.5. The van der Waals surface area contributed by atoms with Crippen LogP contribution in [-0.4, -0.2) is 37.2 Å². The van der Waals surface area contributed by atoms with Crippen molar-refractivity contribution >= 4 is 15.5 Å². The van der Waals surface area contributed by atoms with E-state index in [1.807, 2.05) is 24.3 Å². The van der Waals surface area contributed by atoms with Gasteiger partial charge in [0.15, 0.2) is 9.84 Å². The third-order valence-electron chi connectivity index (χ3n) is 3.20. The third kappa shape index (κ3) is 3.03. The molecule has 0 spiro atoms. The van der Waals surface area contributed by atoms with Crippen LogP contribution in [0.2, 0.25) is 0 Å². The number of hydrogen-bond donors (Lipinski definition) is 2. The molecule has 2 unspecified atom stereocenters. The molecule has 100 valence electrons. The van der Waals surface area contributed by atoms with Gasteiger partial charge in [-0.3, -0.25) is 0 Å². The minimum atomic E-state index is -3.10. The first-order valence-corrected chi connectivity index (χ1v) is 8.07. The van der Waals surface area contributed by atoms with E-state index in [2.05, 4.69) is 12.2 Å². The molecule has 1 aliphatic rings. The van der Waals surface area contributed by atoms with Crippen LogP contribution in [-0.2, 0) is 16.3 Å². The molecule has 2 N–H and O–H groups in total. The minimum Gasteiger partial charge on any atom is -0.390 e. The molecule has 1 aromatic carbocycles. The Labute approximate surface area is 108 Å². The van der Waals surface area contributed by atoms with Gasteiger partial charge in [0.25, 0.3) is 0 Å². The number of aliphatic hydroxyl groups is 1. The molecule has 1 heterocycles. The van der Waals surface area contributed by atoms with Crippen LogP contribution in [0.25, 0.3) is 0 Å². The molecule has 0 bridgehead atoms. The molecule has 2 rings (SSSR count). The van der Waals surface area contributed by atoms with E-state index in [0.29, 0.717) is 0 Å². The molecule has 18 heavy (non-hydrogen) atoms. The van der Waals surface area contributed by atoms with Crippen molar-refractivity contribution in [2.75, 3.05) is 16.8 Å². The molecule has 5 heteroatoms. The topological polar surface area (TPSA) is 66.4 Å². The van der Waals surface area contributed by atoms with Crippen molar-refractivity contribution in [3.63, 3.8) is 0 Å². The molecule has 1 saturated heterocycles. The van der Waals surface area contributed by atoms with Crippen LogP contribution in [0.1, 0.15) is 18.9 Å². The maximum Gasteiger partial charge on any atom is 0.155 e. The van der Waals surface area contributed by atoms with Gasteiger partial charge in [0.05, 0.1) is 23.7 Å². The van der Waals surface area contributed by atoms with Crippen molar-refractivity contribution in [1.82, 2.24) is 0 Å². The van der Waals surface area contributed by atoms with Gasteiger partial charge in [0.2, 0.25) is 0 Å². The minimum absolute atomic E-state index is 0.00856. The number of benzene rings is 1. The highest BCUT2D eigenvalue weighted by Gasteiger charge is 2.36. The number of hydrogen-bond acceptors (Lipinski definition) is 4. The predicted octanol–water partition coefficient (Wildman–Crippen LogP) is 1.21. The van der Waals surface area contributed by atoms with Crippen LogP contribution < -0.4 is 5.32 Å². The average Bonchev–Trinajstić information content (AvgIpc) is 2.55. The van der Waals surface area contributed by atoms with Crippen LogP contribution in [0, 0.1) is 0 Å². The second-order valence-corrected chi connectivity index (χ2v) is 6.96. The summed E-state index contributed by atoms with van der Waals surface area (Å²) in [4.78, 5) is 0. The lowest BCUT2D eigenvalue weighted by Gasteiger charge is -2.18. The van der Waals surface area contributed by atoms with E-state index < -0.39 is 22.0 Å². The summed E-state index contributed by atoms with van der Waals surface area (Å²) in [6.45, 7) is 2.10. The number of nitrogens with one attached hydrogen (secondary N) is 1. The van der Waals surface area contributed by atoms with E-state index in [1.54, 1.807) is 0 Å². The summed E-state index contributed by atoms with van der Waals surface area (Å²) in [5, 5.41) is 12.9. The van der Waals surface area contributed by atoms with Crippen LogP contribution in [0.15, 0.2) is 24.3 Å².